The third kappa shape index (κ3) is 3.51. The van der Waals surface area contributed by atoms with Crippen molar-refractivity contribution in [1.29, 1.82) is 0 Å². The van der Waals surface area contributed by atoms with E-state index < -0.39 is 0 Å². The van der Waals surface area contributed by atoms with Crippen LogP contribution in [0.1, 0.15) is 17.0 Å². The molecule has 6 nitrogen and oxygen atoms in total. The smallest absolute Gasteiger partial charge is 0.268 e. The summed E-state index contributed by atoms with van der Waals surface area (Å²) in [5.74, 6) is 0.505. The lowest BCUT2D eigenvalue weighted by Gasteiger charge is -2.28. The zero-order valence-electron chi connectivity index (χ0n) is 14.2. The van der Waals surface area contributed by atoms with Crippen molar-refractivity contribution >= 4 is 39.9 Å². The van der Waals surface area contributed by atoms with Gasteiger partial charge in [0.15, 0.2) is 0 Å². The van der Waals surface area contributed by atoms with Crippen LogP contribution in [-0.4, -0.2) is 33.9 Å². The number of nitrogens with one attached hydrogen (secondary N) is 2. The number of nitrogens with zero attached hydrogens (tertiary/aromatic N) is 2. The summed E-state index contributed by atoms with van der Waals surface area (Å²) in [7, 11) is 1.74. The van der Waals surface area contributed by atoms with Crippen LogP contribution in [0.5, 0.6) is 0 Å². The Labute approximate surface area is 160 Å². The summed E-state index contributed by atoms with van der Waals surface area (Å²) in [5, 5.41) is 5.14. The van der Waals surface area contributed by atoms with Crippen molar-refractivity contribution in [3.63, 3.8) is 0 Å². The molecule has 8 heteroatoms. The summed E-state index contributed by atoms with van der Waals surface area (Å²) in [6.45, 7) is 0.968. The summed E-state index contributed by atoms with van der Waals surface area (Å²) >= 11 is 1.37. The summed E-state index contributed by atoms with van der Waals surface area (Å²) in [4.78, 5) is 33.6. The number of H-pyrrole nitrogens is 1. The van der Waals surface area contributed by atoms with Gasteiger partial charge in [0.2, 0.25) is 5.91 Å². The molecule has 0 saturated carbocycles. The molecule has 1 aromatic carbocycles. The molecule has 3 heterocycles. The van der Waals surface area contributed by atoms with Gasteiger partial charge in [0.05, 0.1) is 18.1 Å². The molecule has 136 valence electrons. The number of halogens is 1. The van der Waals surface area contributed by atoms with E-state index in [9.17, 15) is 9.59 Å². The van der Waals surface area contributed by atoms with E-state index in [2.05, 4.69) is 27.4 Å². The third-order valence-electron chi connectivity index (χ3n) is 4.51. The molecule has 0 bridgehead atoms. The largest absolute Gasteiger partial charge is 0.337 e. The van der Waals surface area contributed by atoms with Gasteiger partial charge in [0.1, 0.15) is 10.5 Å². The molecular formula is C18H19ClN4O2S. The Morgan fingerprint density at radius 2 is 2.08 bits per heavy atom. The topological polar surface area (TPSA) is 78.1 Å². The second kappa shape index (κ2) is 7.57. The Kier molecular flexibility index (Phi) is 5.41. The standard InChI is InChI=1S/C18H18N4O2S.ClH/c1-22(10-15-20-13-6-7-25-16(13)17(23)21-15)18(24)14-8-11-4-2-3-5-12(11)9-19-14;/h2-7,14,19H,8-10H2,1H3,(H,20,21,23);1H. The lowest BCUT2D eigenvalue weighted by molar-refractivity contribution is -0.133. The van der Waals surface area contributed by atoms with Crippen molar-refractivity contribution < 1.29 is 4.79 Å². The number of hydrogen-bond acceptors (Lipinski definition) is 5. The molecule has 0 radical (unpaired) electrons. The number of fused-ring (bicyclic) bond motifs is 2. The number of rotatable bonds is 3. The second-order valence-electron chi connectivity index (χ2n) is 6.25. The number of aromatic nitrogens is 2. The normalized spacial score (nSPS) is 16.0. The van der Waals surface area contributed by atoms with Crippen LogP contribution in [0.15, 0.2) is 40.5 Å². The van der Waals surface area contributed by atoms with Crippen molar-refractivity contribution in [3.05, 3.63) is 63.0 Å². The van der Waals surface area contributed by atoms with Gasteiger partial charge in [-0.25, -0.2) is 4.98 Å². The van der Waals surface area contributed by atoms with E-state index >= 15 is 0 Å². The average molecular weight is 391 g/mol. The molecule has 1 aliphatic rings. The lowest BCUT2D eigenvalue weighted by Crippen LogP contribution is -2.48. The van der Waals surface area contributed by atoms with Crippen LogP contribution >= 0.6 is 23.7 Å². The Bertz CT molecular complexity index is 1000. The van der Waals surface area contributed by atoms with Crippen LogP contribution in [0.2, 0.25) is 0 Å². The maximum atomic E-state index is 12.8. The molecular weight excluding hydrogens is 372 g/mol. The van der Waals surface area contributed by atoms with E-state index in [0.29, 0.717) is 29.0 Å². The molecule has 0 fully saturated rings. The van der Waals surface area contributed by atoms with Gasteiger partial charge in [-0.2, -0.15) is 0 Å². The highest BCUT2D eigenvalue weighted by Gasteiger charge is 2.26. The molecule has 1 amide bonds. The maximum absolute atomic E-state index is 12.8. The Morgan fingerprint density at radius 1 is 1.31 bits per heavy atom. The fourth-order valence-electron chi connectivity index (χ4n) is 3.19. The molecule has 3 aromatic rings. The van der Waals surface area contributed by atoms with Crippen molar-refractivity contribution in [2.24, 2.45) is 0 Å². The first-order chi connectivity index (χ1) is 12.1. The highest BCUT2D eigenvalue weighted by atomic mass is 35.5. The molecule has 4 rings (SSSR count). The molecule has 1 aliphatic heterocycles. The van der Waals surface area contributed by atoms with Gasteiger partial charge in [-0.1, -0.05) is 24.3 Å². The van der Waals surface area contributed by atoms with Crippen LogP contribution < -0.4 is 10.9 Å². The number of likely N-dealkylation sites (N-methyl/N-ethyl adjacent to an activating group) is 1. The first-order valence-electron chi connectivity index (χ1n) is 8.13. The number of thiophene rings is 1. The highest BCUT2D eigenvalue weighted by Crippen LogP contribution is 2.18. The molecule has 2 N–H and O–H groups in total. The average Bonchev–Trinajstić information content (AvgIpc) is 3.09. The Morgan fingerprint density at radius 3 is 2.88 bits per heavy atom. The van der Waals surface area contributed by atoms with E-state index in [0.717, 1.165) is 0 Å². The predicted octanol–water partition coefficient (Wildman–Crippen LogP) is 2.08. The van der Waals surface area contributed by atoms with Crippen LogP contribution in [0.4, 0.5) is 0 Å². The van der Waals surface area contributed by atoms with Gasteiger partial charge in [-0.15, -0.1) is 23.7 Å². The number of carbonyl (C=O) groups is 1. The first kappa shape index (κ1) is 18.6. The van der Waals surface area contributed by atoms with Gasteiger partial charge >= 0.3 is 0 Å². The van der Waals surface area contributed by atoms with Crippen LogP contribution in [0.3, 0.4) is 0 Å². The third-order valence-corrected chi connectivity index (χ3v) is 5.41. The van der Waals surface area contributed by atoms with E-state index in [4.69, 9.17) is 0 Å². The molecule has 2 aromatic heterocycles. The predicted molar refractivity (Wildman–Crippen MR) is 105 cm³/mol. The van der Waals surface area contributed by atoms with Crippen molar-refractivity contribution in [2.75, 3.05) is 7.05 Å². The molecule has 26 heavy (non-hydrogen) atoms. The minimum absolute atomic E-state index is 0. The minimum Gasteiger partial charge on any atom is -0.337 e. The SMILES string of the molecule is CN(Cc1nc2ccsc2c(=O)[nH]1)C(=O)C1Cc2ccccc2CN1.Cl. The van der Waals surface area contributed by atoms with Gasteiger partial charge < -0.3 is 15.2 Å². The summed E-state index contributed by atoms with van der Waals surface area (Å²) in [6, 6.07) is 9.73. The van der Waals surface area contributed by atoms with E-state index in [1.165, 1.54) is 22.5 Å². The number of amides is 1. The van der Waals surface area contributed by atoms with Crippen LogP contribution in [-0.2, 0) is 24.3 Å². The zero-order chi connectivity index (χ0) is 17.4. The van der Waals surface area contributed by atoms with Crippen LogP contribution in [0.25, 0.3) is 10.2 Å². The van der Waals surface area contributed by atoms with Gasteiger partial charge in [-0.3, -0.25) is 9.59 Å². The molecule has 0 spiro atoms. The fourth-order valence-corrected chi connectivity index (χ4v) is 3.92. The number of carbonyl (C=O) groups excluding carboxylic acids is 1. The molecule has 0 saturated heterocycles. The van der Waals surface area contributed by atoms with Crippen molar-refractivity contribution in [3.8, 4) is 0 Å². The van der Waals surface area contributed by atoms with Gasteiger partial charge in [0.25, 0.3) is 5.56 Å². The molecule has 1 unspecified atom stereocenters. The van der Waals surface area contributed by atoms with Crippen molar-refractivity contribution in [2.45, 2.75) is 25.6 Å². The Hall–Kier alpha value is -2.22. The van der Waals surface area contributed by atoms with E-state index in [1.54, 1.807) is 11.9 Å². The number of hydrogen-bond donors (Lipinski definition) is 2. The maximum Gasteiger partial charge on any atom is 0.268 e. The number of aromatic amines is 1. The second-order valence-corrected chi connectivity index (χ2v) is 7.16. The molecule has 0 aliphatic carbocycles. The zero-order valence-corrected chi connectivity index (χ0v) is 15.8. The van der Waals surface area contributed by atoms with Gasteiger partial charge in [0, 0.05) is 13.6 Å². The highest BCUT2D eigenvalue weighted by molar-refractivity contribution is 7.17. The van der Waals surface area contributed by atoms with Gasteiger partial charge in [-0.05, 0) is 29.0 Å². The molecule has 1 atom stereocenters. The van der Waals surface area contributed by atoms with Crippen molar-refractivity contribution in [1.82, 2.24) is 20.2 Å². The van der Waals surface area contributed by atoms with Crippen LogP contribution in [0, 0.1) is 0 Å². The quantitative estimate of drug-likeness (QED) is 0.717. The minimum atomic E-state index is -0.253. The fraction of sp³-hybridized carbons (Fsp3) is 0.278. The van der Waals surface area contributed by atoms with E-state index in [-0.39, 0.29) is 36.5 Å². The lowest BCUT2D eigenvalue weighted by atomic mass is 9.95. The first-order valence-corrected chi connectivity index (χ1v) is 9.01. The van der Waals surface area contributed by atoms with E-state index in [1.807, 2.05) is 23.6 Å². The monoisotopic (exact) mass is 390 g/mol. The summed E-state index contributed by atoms with van der Waals surface area (Å²) in [5.41, 5.74) is 2.97. The summed E-state index contributed by atoms with van der Waals surface area (Å²) in [6.07, 6.45) is 0.673. The Balaban J connectivity index is 0.00000196. The number of benzene rings is 1. The summed E-state index contributed by atoms with van der Waals surface area (Å²) < 4.78 is 0.614.